The Labute approximate surface area is 191 Å². The van der Waals surface area contributed by atoms with Gasteiger partial charge in [0.15, 0.2) is 0 Å². The van der Waals surface area contributed by atoms with Crippen LogP contribution < -0.4 is 5.32 Å². The van der Waals surface area contributed by atoms with Crippen LogP contribution in [0.15, 0.2) is 77.6 Å². The molecule has 166 valence electrons. The highest BCUT2D eigenvalue weighted by Crippen LogP contribution is 2.36. The van der Waals surface area contributed by atoms with Gasteiger partial charge in [0.05, 0.1) is 33.9 Å². The summed E-state index contributed by atoms with van der Waals surface area (Å²) in [5, 5.41) is 3.03. The molecule has 0 radical (unpaired) electrons. The van der Waals surface area contributed by atoms with Crippen molar-refractivity contribution in [3.63, 3.8) is 0 Å². The molecule has 7 heteroatoms. The van der Waals surface area contributed by atoms with Gasteiger partial charge in [-0.05, 0) is 48.4 Å². The fourth-order valence-electron chi connectivity index (χ4n) is 4.23. The third-order valence-electron chi connectivity index (χ3n) is 6.03. The van der Waals surface area contributed by atoms with Crippen molar-refractivity contribution in [2.45, 2.75) is 32.1 Å². The molecule has 6 nitrogen and oxygen atoms in total. The van der Waals surface area contributed by atoms with Crippen LogP contribution in [0, 0.1) is 5.92 Å². The van der Waals surface area contributed by atoms with Crippen molar-refractivity contribution < 1.29 is 9.18 Å². The Hall–Kier alpha value is -3.87. The SMILES string of the molecule is CC(C(=O)NC1CC(c2[nH]c3cccnc3c2-c2ccccn2)=CC=N1)C1=CCC(F)C=C1. The van der Waals surface area contributed by atoms with Gasteiger partial charge in [-0.1, -0.05) is 24.3 Å². The highest BCUT2D eigenvalue weighted by Gasteiger charge is 2.25. The Morgan fingerprint density at radius 1 is 1.21 bits per heavy atom. The molecular weight excluding hydrogens is 417 g/mol. The number of carbonyl (C=O) groups is 1. The van der Waals surface area contributed by atoms with E-state index in [-0.39, 0.29) is 11.8 Å². The first-order valence-corrected chi connectivity index (χ1v) is 11.0. The van der Waals surface area contributed by atoms with Crippen LogP contribution in [0.25, 0.3) is 27.9 Å². The number of aliphatic imine (C=N–C) groups is 1. The molecule has 1 amide bonds. The number of aromatic nitrogens is 3. The lowest BCUT2D eigenvalue weighted by molar-refractivity contribution is -0.124. The van der Waals surface area contributed by atoms with Gasteiger partial charge in [0.2, 0.25) is 5.91 Å². The fraction of sp³-hybridized carbons (Fsp3) is 0.231. The number of carbonyl (C=O) groups excluding carboxylic acids is 1. The molecule has 0 fully saturated rings. The molecule has 0 saturated carbocycles. The second-order valence-corrected chi connectivity index (χ2v) is 8.24. The summed E-state index contributed by atoms with van der Waals surface area (Å²) in [6, 6.07) is 9.69. The highest BCUT2D eigenvalue weighted by molar-refractivity contribution is 6.01. The number of aromatic amines is 1. The number of nitrogens with one attached hydrogen (secondary N) is 2. The molecule has 0 spiro atoms. The molecule has 3 atom stereocenters. The molecule has 33 heavy (non-hydrogen) atoms. The summed E-state index contributed by atoms with van der Waals surface area (Å²) in [4.78, 5) is 29.9. The molecule has 3 aromatic heterocycles. The van der Waals surface area contributed by atoms with Crippen molar-refractivity contribution in [2.75, 3.05) is 0 Å². The van der Waals surface area contributed by atoms with Gasteiger partial charge in [-0.2, -0.15) is 0 Å². The van der Waals surface area contributed by atoms with Crippen molar-refractivity contribution >= 4 is 28.7 Å². The topological polar surface area (TPSA) is 83.0 Å². The number of hydrogen-bond donors (Lipinski definition) is 2. The summed E-state index contributed by atoms with van der Waals surface area (Å²) in [6.07, 6.45) is 11.7. The zero-order valence-corrected chi connectivity index (χ0v) is 18.2. The lowest BCUT2D eigenvalue weighted by atomic mass is 9.94. The number of halogens is 1. The monoisotopic (exact) mass is 441 g/mol. The minimum Gasteiger partial charge on any atom is -0.353 e. The van der Waals surface area contributed by atoms with Gasteiger partial charge in [-0.15, -0.1) is 0 Å². The van der Waals surface area contributed by atoms with Crippen LogP contribution in [0.3, 0.4) is 0 Å². The smallest absolute Gasteiger partial charge is 0.228 e. The zero-order valence-electron chi connectivity index (χ0n) is 18.2. The maximum atomic E-state index is 13.4. The Kier molecular flexibility index (Phi) is 5.69. The number of hydrogen-bond acceptors (Lipinski definition) is 4. The second-order valence-electron chi connectivity index (χ2n) is 8.24. The van der Waals surface area contributed by atoms with E-state index in [0.29, 0.717) is 12.8 Å². The van der Waals surface area contributed by atoms with Crippen LogP contribution >= 0.6 is 0 Å². The molecule has 0 bridgehead atoms. The van der Waals surface area contributed by atoms with Gasteiger partial charge in [0, 0.05) is 31.4 Å². The molecule has 3 aromatic rings. The summed E-state index contributed by atoms with van der Waals surface area (Å²) < 4.78 is 13.4. The van der Waals surface area contributed by atoms with Gasteiger partial charge >= 0.3 is 0 Å². The number of allylic oxidation sites excluding steroid dienone is 4. The maximum absolute atomic E-state index is 13.4. The first kappa shape index (κ1) is 21.0. The zero-order chi connectivity index (χ0) is 22.8. The van der Waals surface area contributed by atoms with Crippen molar-refractivity contribution in [1.29, 1.82) is 0 Å². The Morgan fingerprint density at radius 2 is 2.09 bits per heavy atom. The van der Waals surface area contributed by atoms with Crippen molar-refractivity contribution in [1.82, 2.24) is 20.3 Å². The second kappa shape index (κ2) is 8.94. The lowest BCUT2D eigenvalue weighted by Gasteiger charge is -2.23. The van der Waals surface area contributed by atoms with Gasteiger partial charge in [0.1, 0.15) is 12.3 Å². The number of alkyl halides is 1. The first-order chi connectivity index (χ1) is 16.1. The Bertz CT molecular complexity index is 1300. The first-order valence-electron chi connectivity index (χ1n) is 11.0. The Morgan fingerprint density at radius 3 is 2.88 bits per heavy atom. The number of rotatable bonds is 5. The predicted octanol–water partition coefficient (Wildman–Crippen LogP) is 4.79. The van der Waals surface area contributed by atoms with Crippen molar-refractivity contribution in [2.24, 2.45) is 10.9 Å². The molecular formula is C26H24FN5O. The Balaban J connectivity index is 1.39. The maximum Gasteiger partial charge on any atom is 0.228 e. The van der Waals surface area contributed by atoms with Crippen LogP contribution in [0.5, 0.6) is 0 Å². The average molecular weight is 442 g/mol. The lowest BCUT2D eigenvalue weighted by Crippen LogP contribution is -2.38. The number of pyridine rings is 2. The number of dihydropyridines is 1. The molecule has 3 unspecified atom stereocenters. The van der Waals surface area contributed by atoms with Gasteiger partial charge in [-0.25, -0.2) is 4.39 Å². The fourth-order valence-corrected chi connectivity index (χ4v) is 4.23. The van der Waals surface area contributed by atoms with E-state index in [9.17, 15) is 9.18 Å². The summed E-state index contributed by atoms with van der Waals surface area (Å²) >= 11 is 0. The van der Waals surface area contributed by atoms with E-state index in [0.717, 1.165) is 39.1 Å². The van der Waals surface area contributed by atoms with E-state index in [1.807, 2.05) is 43.3 Å². The van der Waals surface area contributed by atoms with E-state index >= 15 is 0 Å². The summed E-state index contributed by atoms with van der Waals surface area (Å²) in [5.74, 6) is -0.505. The summed E-state index contributed by atoms with van der Waals surface area (Å²) in [5.41, 5.74) is 6.31. The van der Waals surface area contributed by atoms with Crippen molar-refractivity contribution in [3.05, 3.63) is 78.3 Å². The van der Waals surface area contributed by atoms with E-state index < -0.39 is 12.3 Å². The van der Waals surface area contributed by atoms with E-state index in [1.165, 1.54) is 6.08 Å². The standard InChI is InChI=1S/C26H24FN5O/c1-16(17-7-9-19(27)10-8-17)26(33)32-22-15-18(11-14-29-22)24-23(20-5-2-3-12-28-20)25-21(31-24)6-4-13-30-25/h2-9,11-14,16,19,22,31H,10,15H2,1H3,(H,32,33). The molecule has 1 aliphatic carbocycles. The van der Waals surface area contributed by atoms with Gasteiger partial charge < -0.3 is 10.3 Å². The number of fused-ring (bicyclic) bond motifs is 1. The predicted molar refractivity (Wildman–Crippen MR) is 128 cm³/mol. The van der Waals surface area contributed by atoms with Crippen LogP contribution in [0.1, 0.15) is 25.5 Å². The van der Waals surface area contributed by atoms with E-state index in [2.05, 4.69) is 25.3 Å². The highest BCUT2D eigenvalue weighted by atomic mass is 19.1. The third-order valence-corrected chi connectivity index (χ3v) is 6.03. The van der Waals surface area contributed by atoms with Gasteiger partial charge in [-0.3, -0.25) is 19.8 Å². The van der Waals surface area contributed by atoms with Crippen LogP contribution in [-0.2, 0) is 4.79 Å². The normalized spacial score (nSPS) is 20.9. The average Bonchev–Trinajstić information content (AvgIpc) is 3.24. The molecule has 0 saturated heterocycles. The van der Waals surface area contributed by atoms with E-state index in [1.54, 1.807) is 30.8 Å². The number of H-pyrrole nitrogens is 1. The summed E-state index contributed by atoms with van der Waals surface area (Å²) in [7, 11) is 0. The minimum absolute atomic E-state index is 0.130. The molecule has 2 N–H and O–H groups in total. The molecule has 5 rings (SSSR count). The minimum atomic E-state index is -0.973. The van der Waals surface area contributed by atoms with E-state index in [4.69, 9.17) is 0 Å². The molecule has 0 aromatic carbocycles. The van der Waals surface area contributed by atoms with Gasteiger partial charge in [0.25, 0.3) is 0 Å². The van der Waals surface area contributed by atoms with Crippen LogP contribution in [0.4, 0.5) is 4.39 Å². The quantitative estimate of drug-likeness (QED) is 0.597. The largest absolute Gasteiger partial charge is 0.353 e. The molecule has 1 aliphatic heterocycles. The molecule has 4 heterocycles. The van der Waals surface area contributed by atoms with Crippen LogP contribution in [-0.4, -0.2) is 39.4 Å². The number of nitrogens with zero attached hydrogens (tertiary/aromatic N) is 3. The van der Waals surface area contributed by atoms with Crippen molar-refractivity contribution in [3.8, 4) is 11.3 Å². The molecule has 2 aliphatic rings. The third kappa shape index (κ3) is 4.26. The summed E-state index contributed by atoms with van der Waals surface area (Å²) in [6.45, 7) is 1.83. The number of amides is 1. The van der Waals surface area contributed by atoms with Crippen LogP contribution in [0.2, 0.25) is 0 Å².